The van der Waals surface area contributed by atoms with Crippen LogP contribution in [0.3, 0.4) is 0 Å². The third-order valence-electron chi connectivity index (χ3n) is 0.776. The van der Waals surface area contributed by atoms with Crippen LogP contribution in [0.1, 0.15) is 41.5 Å². The first-order valence-electron chi connectivity index (χ1n) is 4.35. The van der Waals surface area contributed by atoms with Crippen LogP contribution < -0.4 is 0 Å². The standard InChI is InChI=1S/C9H18O5/c1-8(2,3)11-7(10)12-14-13-9(4,5)6/h1-6H3. The Balaban J connectivity index is 3.66. The van der Waals surface area contributed by atoms with Gasteiger partial charge in [0.15, 0.2) is 0 Å². The van der Waals surface area contributed by atoms with E-state index in [2.05, 4.69) is 9.93 Å². The summed E-state index contributed by atoms with van der Waals surface area (Å²) < 4.78 is 4.79. The van der Waals surface area contributed by atoms with Gasteiger partial charge in [-0.05, 0) is 46.6 Å². The normalized spacial score (nSPS) is 12.4. The fraction of sp³-hybridized carbons (Fsp3) is 0.889. The molecule has 0 aromatic rings. The Morgan fingerprint density at radius 1 is 0.929 bits per heavy atom. The zero-order valence-corrected chi connectivity index (χ0v) is 9.54. The lowest BCUT2D eigenvalue weighted by molar-refractivity contribution is -0.515. The van der Waals surface area contributed by atoms with Gasteiger partial charge in [0.1, 0.15) is 5.60 Å². The number of hydrogen-bond donors (Lipinski definition) is 0. The highest BCUT2D eigenvalue weighted by Gasteiger charge is 2.20. The molecule has 0 atom stereocenters. The van der Waals surface area contributed by atoms with E-state index in [0.717, 1.165) is 0 Å². The molecule has 0 unspecified atom stereocenters. The van der Waals surface area contributed by atoms with Crippen LogP contribution in [0.2, 0.25) is 0 Å². The fourth-order valence-electron chi connectivity index (χ4n) is 0.414. The minimum atomic E-state index is -0.929. The summed E-state index contributed by atoms with van der Waals surface area (Å²) in [5, 5.41) is 4.23. The van der Waals surface area contributed by atoms with Gasteiger partial charge in [0, 0.05) is 0 Å². The smallest absolute Gasteiger partial charge is 0.427 e. The Hall–Kier alpha value is -0.810. The molecule has 0 amide bonds. The van der Waals surface area contributed by atoms with Gasteiger partial charge in [0.05, 0.1) is 5.60 Å². The Bertz CT molecular complexity index is 186. The highest BCUT2D eigenvalue weighted by atomic mass is 17.5. The zero-order chi connectivity index (χ0) is 11.4. The van der Waals surface area contributed by atoms with Crippen molar-refractivity contribution < 1.29 is 24.3 Å². The van der Waals surface area contributed by atoms with E-state index in [4.69, 9.17) is 9.62 Å². The van der Waals surface area contributed by atoms with Crippen LogP contribution in [-0.4, -0.2) is 17.4 Å². The lowest BCUT2D eigenvalue weighted by Gasteiger charge is -2.19. The van der Waals surface area contributed by atoms with E-state index in [1.807, 2.05) is 0 Å². The minimum Gasteiger partial charge on any atom is -0.427 e. The highest BCUT2D eigenvalue weighted by Crippen LogP contribution is 2.10. The van der Waals surface area contributed by atoms with Crippen LogP contribution in [0.5, 0.6) is 0 Å². The second-order valence-electron chi connectivity index (χ2n) is 4.81. The van der Waals surface area contributed by atoms with Crippen molar-refractivity contribution in [3.05, 3.63) is 0 Å². The first-order valence-corrected chi connectivity index (χ1v) is 4.35. The topological polar surface area (TPSA) is 54.0 Å². The third-order valence-corrected chi connectivity index (χ3v) is 0.776. The highest BCUT2D eigenvalue weighted by molar-refractivity contribution is 5.59. The zero-order valence-electron chi connectivity index (χ0n) is 9.54. The number of carbonyl (C=O) groups excluding carboxylic acids is 1. The minimum absolute atomic E-state index is 0.540. The van der Waals surface area contributed by atoms with Gasteiger partial charge in [-0.2, -0.15) is 4.89 Å². The summed E-state index contributed by atoms with van der Waals surface area (Å²) in [7, 11) is 0. The van der Waals surface area contributed by atoms with Gasteiger partial charge in [0.25, 0.3) is 0 Å². The Labute approximate surface area is 84.1 Å². The Morgan fingerprint density at radius 2 is 1.43 bits per heavy atom. The molecule has 0 radical (unpaired) electrons. The van der Waals surface area contributed by atoms with Gasteiger partial charge in [-0.3, -0.25) is 0 Å². The molecule has 14 heavy (non-hydrogen) atoms. The van der Waals surface area contributed by atoms with Gasteiger partial charge in [-0.1, -0.05) is 0 Å². The SMILES string of the molecule is CC(C)(C)OOOC(=O)OC(C)(C)C. The van der Waals surface area contributed by atoms with Crippen LogP contribution in [0.25, 0.3) is 0 Å². The van der Waals surface area contributed by atoms with Crippen LogP contribution in [0.15, 0.2) is 0 Å². The van der Waals surface area contributed by atoms with Crippen molar-refractivity contribution in [1.29, 1.82) is 0 Å². The lowest BCUT2D eigenvalue weighted by Crippen LogP contribution is -2.26. The molecule has 0 aliphatic carbocycles. The fourth-order valence-corrected chi connectivity index (χ4v) is 0.414. The second kappa shape index (κ2) is 4.61. The first-order chi connectivity index (χ1) is 6.10. The summed E-state index contributed by atoms with van der Waals surface area (Å²) in [5.74, 6) is 0. The molecule has 0 saturated carbocycles. The van der Waals surface area contributed by atoms with Crippen molar-refractivity contribution in [3.8, 4) is 0 Å². The molecule has 0 heterocycles. The monoisotopic (exact) mass is 206 g/mol. The largest absolute Gasteiger partial charge is 0.543 e. The molecule has 84 valence electrons. The van der Waals surface area contributed by atoms with Crippen molar-refractivity contribution in [2.45, 2.75) is 52.7 Å². The van der Waals surface area contributed by atoms with E-state index in [-0.39, 0.29) is 0 Å². The molecule has 0 aromatic heterocycles. The number of rotatable bonds is 2. The van der Waals surface area contributed by atoms with Crippen LogP contribution in [-0.2, 0) is 19.6 Å². The molecular weight excluding hydrogens is 188 g/mol. The summed E-state index contributed by atoms with van der Waals surface area (Å²) >= 11 is 0. The molecule has 0 aromatic carbocycles. The van der Waals surface area contributed by atoms with E-state index in [1.54, 1.807) is 41.5 Å². The van der Waals surface area contributed by atoms with Gasteiger partial charge in [-0.25, -0.2) is 9.68 Å². The molecule has 5 heteroatoms. The van der Waals surface area contributed by atoms with Crippen molar-refractivity contribution in [2.24, 2.45) is 0 Å². The molecule has 0 fully saturated rings. The van der Waals surface area contributed by atoms with Crippen molar-refractivity contribution in [3.63, 3.8) is 0 Å². The van der Waals surface area contributed by atoms with Gasteiger partial charge in [0.2, 0.25) is 0 Å². The molecule has 0 bridgehead atoms. The Morgan fingerprint density at radius 3 is 1.79 bits per heavy atom. The van der Waals surface area contributed by atoms with E-state index >= 15 is 0 Å². The van der Waals surface area contributed by atoms with Crippen LogP contribution in [0, 0.1) is 0 Å². The average molecular weight is 206 g/mol. The molecule has 0 N–H and O–H groups in total. The summed E-state index contributed by atoms with van der Waals surface area (Å²) in [4.78, 5) is 19.8. The number of hydrogen-bond acceptors (Lipinski definition) is 5. The summed E-state index contributed by atoms with van der Waals surface area (Å²) in [6.07, 6.45) is -0.929. The van der Waals surface area contributed by atoms with Crippen molar-refractivity contribution in [1.82, 2.24) is 0 Å². The van der Waals surface area contributed by atoms with E-state index in [1.165, 1.54) is 0 Å². The predicted molar refractivity (Wildman–Crippen MR) is 49.2 cm³/mol. The maximum atomic E-state index is 10.9. The van der Waals surface area contributed by atoms with Gasteiger partial charge < -0.3 is 4.74 Å². The summed E-state index contributed by atoms with van der Waals surface area (Å²) in [6, 6.07) is 0. The van der Waals surface area contributed by atoms with Gasteiger partial charge in [-0.15, -0.1) is 0 Å². The predicted octanol–water partition coefficient (Wildman–Crippen LogP) is 2.60. The molecule has 0 aliphatic heterocycles. The quantitative estimate of drug-likeness (QED) is 0.395. The number of ether oxygens (including phenoxy) is 1. The lowest BCUT2D eigenvalue weighted by atomic mass is 10.2. The molecule has 0 rings (SSSR count). The third kappa shape index (κ3) is 9.28. The molecule has 5 nitrogen and oxygen atoms in total. The molecule has 0 saturated heterocycles. The van der Waals surface area contributed by atoms with Crippen LogP contribution >= 0.6 is 0 Å². The van der Waals surface area contributed by atoms with E-state index in [0.29, 0.717) is 0 Å². The van der Waals surface area contributed by atoms with E-state index in [9.17, 15) is 4.79 Å². The Kier molecular flexibility index (Phi) is 4.35. The summed E-state index contributed by atoms with van der Waals surface area (Å²) in [5.41, 5.74) is -1.15. The molecule has 0 aliphatic rings. The van der Waals surface area contributed by atoms with E-state index < -0.39 is 17.4 Å². The average Bonchev–Trinajstić information content (AvgIpc) is 1.78. The summed E-state index contributed by atoms with van der Waals surface area (Å²) in [6.45, 7) is 10.4. The van der Waals surface area contributed by atoms with Crippen molar-refractivity contribution in [2.75, 3.05) is 0 Å². The molecule has 0 spiro atoms. The molecular formula is C9H18O5. The van der Waals surface area contributed by atoms with Crippen molar-refractivity contribution >= 4 is 6.16 Å². The second-order valence-corrected chi connectivity index (χ2v) is 4.81. The maximum absolute atomic E-state index is 10.9. The maximum Gasteiger partial charge on any atom is 0.543 e. The first kappa shape index (κ1) is 13.2. The van der Waals surface area contributed by atoms with Crippen LogP contribution in [0.4, 0.5) is 4.79 Å². The number of carbonyl (C=O) groups is 1. The van der Waals surface area contributed by atoms with Gasteiger partial charge >= 0.3 is 6.16 Å².